The standard InChI is InChI=1S/C6H12.C6H14/c1-2-4-6-5-3-1;1-4-6(3)5-2/h1-6H2;6H,4-5H2,1-3H3. The molecule has 0 heteroatoms. The smallest absolute Gasteiger partial charge is 0.0448 e. The van der Waals surface area contributed by atoms with E-state index in [1.54, 1.807) is 0 Å². The Morgan fingerprint density at radius 1 is 0.750 bits per heavy atom. The van der Waals surface area contributed by atoms with E-state index in [1.165, 1.54) is 51.4 Å². The molecule has 0 unspecified atom stereocenters. The molecule has 0 N–H and O–H groups in total. The van der Waals surface area contributed by atoms with Gasteiger partial charge >= 0.3 is 0 Å². The van der Waals surface area contributed by atoms with E-state index < -0.39 is 0 Å². The van der Waals surface area contributed by atoms with Crippen LogP contribution in [0, 0.1) is 5.92 Å². The van der Waals surface area contributed by atoms with Crippen LogP contribution < -0.4 is 0 Å². The maximum Gasteiger partial charge on any atom is -0.0448 e. The van der Waals surface area contributed by atoms with Crippen molar-refractivity contribution in [3.05, 3.63) is 0 Å². The van der Waals surface area contributed by atoms with E-state index in [1.807, 2.05) is 0 Å². The minimum absolute atomic E-state index is 0.935. The summed E-state index contributed by atoms with van der Waals surface area (Å²) < 4.78 is 0. The summed E-state index contributed by atoms with van der Waals surface area (Å²) in [5.74, 6) is 0.935. The van der Waals surface area contributed by atoms with Crippen LogP contribution in [-0.2, 0) is 0 Å². The summed E-state index contributed by atoms with van der Waals surface area (Å²) in [7, 11) is 0. The van der Waals surface area contributed by atoms with E-state index in [0.717, 1.165) is 5.92 Å². The molecule has 1 rings (SSSR count). The fourth-order valence-corrected chi connectivity index (χ4v) is 1.35. The zero-order chi connectivity index (χ0) is 9.23. The molecule has 1 saturated carbocycles. The molecule has 1 aliphatic carbocycles. The minimum Gasteiger partial charge on any atom is -0.0651 e. The second kappa shape index (κ2) is 9.09. The highest BCUT2D eigenvalue weighted by Crippen LogP contribution is 2.15. The van der Waals surface area contributed by atoms with Crippen molar-refractivity contribution in [1.29, 1.82) is 0 Å². The maximum absolute atomic E-state index is 2.28. The van der Waals surface area contributed by atoms with Crippen molar-refractivity contribution in [1.82, 2.24) is 0 Å². The molecule has 0 atom stereocenters. The van der Waals surface area contributed by atoms with Crippen molar-refractivity contribution >= 4 is 0 Å². The molecule has 74 valence electrons. The van der Waals surface area contributed by atoms with Gasteiger partial charge in [0, 0.05) is 0 Å². The highest BCUT2D eigenvalue weighted by molar-refractivity contribution is 4.51. The fourth-order valence-electron chi connectivity index (χ4n) is 1.35. The maximum atomic E-state index is 2.28. The van der Waals surface area contributed by atoms with Gasteiger partial charge in [-0.3, -0.25) is 0 Å². The second-order valence-electron chi connectivity index (χ2n) is 4.04. The third-order valence-corrected chi connectivity index (χ3v) is 2.89. The largest absolute Gasteiger partial charge is 0.0651 e. The van der Waals surface area contributed by atoms with E-state index in [9.17, 15) is 0 Å². The van der Waals surface area contributed by atoms with Crippen molar-refractivity contribution in [3.8, 4) is 0 Å². The normalized spacial score (nSPS) is 17.0. The molecule has 0 nitrogen and oxygen atoms in total. The van der Waals surface area contributed by atoms with Gasteiger partial charge in [0.2, 0.25) is 0 Å². The summed E-state index contributed by atoms with van der Waals surface area (Å²) in [6.45, 7) is 6.74. The molecule has 0 bridgehead atoms. The zero-order valence-electron chi connectivity index (χ0n) is 9.23. The SMILES string of the molecule is C1CCCCC1.CCC(C)CC. The molecule has 0 aliphatic heterocycles. The van der Waals surface area contributed by atoms with Crippen LogP contribution in [0.2, 0.25) is 0 Å². The van der Waals surface area contributed by atoms with Gasteiger partial charge in [-0.2, -0.15) is 0 Å². The highest BCUT2D eigenvalue weighted by atomic mass is 14.0. The Kier molecular flexibility index (Phi) is 9.09. The summed E-state index contributed by atoms with van der Waals surface area (Å²) in [5, 5.41) is 0. The Morgan fingerprint density at radius 3 is 1.08 bits per heavy atom. The number of hydrogen-bond acceptors (Lipinski definition) is 0. The summed E-state index contributed by atoms with van der Waals surface area (Å²) >= 11 is 0. The molecular formula is C12H26. The molecule has 0 heterocycles. The van der Waals surface area contributed by atoms with Gasteiger partial charge in [0.15, 0.2) is 0 Å². The Labute approximate surface area is 78.8 Å². The van der Waals surface area contributed by atoms with E-state index in [4.69, 9.17) is 0 Å². The molecule has 0 amide bonds. The zero-order valence-corrected chi connectivity index (χ0v) is 9.23. The topological polar surface area (TPSA) is 0 Å². The van der Waals surface area contributed by atoms with Crippen LogP contribution in [0.5, 0.6) is 0 Å². The van der Waals surface area contributed by atoms with Gasteiger partial charge < -0.3 is 0 Å². The van der Waals surface area contributed by atoms with Crippen LogP contribution in [-0.4, -0.2) is 0 Å². The third kappa shape index (κ3) is 8.10. The van der Waals surface area contributed by atoms with Crippen molar-refractivity contribution in [2.24, 2.45) is 5.92 Å². The van der Waals surface area contributed by atoms with Gasteiger partial charge in [0.1, 0.15) is 0 Å². The van der Waals surface area contributed by atoms with Crippen molar-refractivity contribution in [3.63, 3.8) is 0 Å². The summed E-state index contributed by atoms with van der Waals surface area (Å²) in [4.78, 5) is 0. The van der Waals surface area contributed by atoms with E-state index in [0.29, 0.717) is 0 Å². The van der Waals surface area contributed by atoms with E-state index >= 15 is 0 Å². The summed E-state index contributed by atoms with van der Waals surface area (Å²) in [5.41, 5.74) is 0. The first-order valence-corrected chi connectivity index (χ1v) is 5.81. The minimum atomic E-state index is 0.935. The molecule has 0 aromatic carbocycles. The molecular weight excluding hydrogens is 144 g/mol. The van der Waals surface area contributed by atoms with Crippen LogP contribution in [0.1, 0.15) is 72.1 Å². The van der Waals surface area contributed by atoms with Gasteiger partial charge in [-0.1, -0.05) is 72.1 Å². The van der Waals surface area contributed by atoms with E-state index in [-0.39, 0.29) is 0 Å². The molecule has 0 saturated heterocycles. The fraction of sp³-hybridized carbons (Fsp3) is 1.00. The summed E-state index contributed by atoms with van der Waals surface area (Å²) in [6.07, 6.45) is 11.7. The van der Waals surface area contributed by atoms with Crippen LogP contribution in [0.3, 0.4) is 0 Å². The van der Waals surface area contributed by atoms with Crippen molar-refractivity contribution in [2.75, 3.05) is 0 Å². The van der Waals surface area contributed by atoms with Gasteiger partial charge in [-0.05, 0) is 5.92 Å². The average molecular weight is 170 g/mol. The van der Waals surface area contributed by atoms with Crippen LogP contribution in [0.4, 0.5) is 0 Å². The van der Waals surface area contributed by atoms with Crippen molar-refractivity contribution < 1.29 is 0 Å². The Bertz CT molecular complexity index is 56.6. The quantitative estimate of drug-likeness (QED) is 0.559. The molecule has 0 aromatic rings. The predicted octanol–water partition coefficient (Wildman–Crippen LogP) is 4.78. The molecule has 1 fully saturated rings. The molecule has 12 heavy (non-hydrogen) atoms. The van der Waals surface area contributed by atoms with Gasteiger partial charge in [0.25, 0.3) is 0 Å². The number of rotatable bonds is 2. The molecule has 0 spiro atoms. The van der Waals surface area contributed by atoms with Crippen LogP contribution >= 0.6 is 0 Å². The first-order chi connectivity index (χ1) is 5.81. The molecule has 0 radical (unpaired) electrons. The lowest BCUT2D eigenvalue weighted by Crippen LogP contribution is -1.85. The van der Waals surface area contributed by atoms with E-state index in [2.05, 4.69) is 20.8 Å². The molecule has 1 aliphatic rings. The third-order valence-electron chi connectivity index (χ3n) is 2.89. The van der Waals surface area contributed by atoms with Gasteiger partial charge in [0.05, 0.1) is 0 Å². The summed E-state index contributed by atoms with van der Waals surface area (Å²) in [6, 6.07) is 0. The highest BCUT2D eigenvalue weighted by Gasteiger charge is 1.95. The lowest BCUT2D eigenvalue weighted by Gasteiger charge is -2.05. The lowest BCUT2D eigenvalue weighted by molar-refractivity contribution is 0.504. The first kappa shape index (κ1) is 12.0. The van der Waals surface area contributed by atoms with Gasteiger partial charge in [-0.25, -0.2) is 0 Å². The van der Waals surface area contributed by atoms with Gasteiger partial charge in [-0.15, -0.1) is 0 Å². The Hall–Kier alpha value is 0. The van der Waals surface area contributed by atoms with Crippen molar-refractivity contribution in [2.45, 2.75) is 72.1 Å². The lowest BCUT2D eigenvalue weighted by atomic mass is 10.0. The number of hydrogen-bond donors (Lipinski definition) is 0. The van der Waals surface area contributed by atoms with Crippen LogP contribution in [0.15, 0.2) is 0 Å². The molecule has 0 aromatic heterocycles. The first-order valence-electron chi connectivity index (χ1n) is 5.81. The Balaban J connectivity index is 0.000000202. The second-order valence-corrected chi connectivity index (χ2v) is 4.04. The average Bonchev–Trinajstić information content (AvgIpc) is 2.20. The monoisotopic (exact) mass is 170 g/mol. The van der Waals surface area contributed by atoms with Crippen LogP contribution in [0.25, 0.3) is 0 Å². The Morgan fingerprint density at radius 2 is 1.00 bits per heavy atom. The predicted molar refractivity (Wildman–Crippen MR) is 57.4 cm³/mol.